The average Bonchev–Trinajstić information content (AvgIpc) is 2.96. The van der Waals surface area contributed by atoms with Crippen LogP contribution >= 0.6 is 7.82 Å². The van der Waals surface area contributed by atoms with Crippen LogP contribution in [0.1, 0.15) is 12.1 Å². The van der Waals surface area contributed by atoms with Gasteiger partial charge in [-0.05, 0) is 6.92 Å². The molecule has 24 heavy (non-hydrogen) atoms. The van der Waals surface area contributed by atoms with Crippen molar-refractivity contribution in [2.24, 2.45) is 0 Å². The minimum atomic E-state index is -4.23. The molecule has 2 aromatic rings. The van der Waals surface area contributed by atoms with Gasteiger partial charge in [-0.15, -0.1) is 0 Å². The number of nitrogens with two attached hydrogens (primary N) is 1. The lowest BCUT2D eigenvalue weighted by Crippen LogP contribution is -2.39. The van der Waals surface area contributed by atoms with E-state index in [0.717, 1.165) is 0 Å². The van der Waals surface area contributed by atoms with E-state index in [9.17, 15) is 19.4 Å². The lowest BCUT2D eigenvalue weighted by atomic mass is 10.1. The zero-order valence-corrected chi connectivity index (χ0v) is 13.2. The lowest BCUT2D eigenvalue weighted by molar-refractivity contribution is -0.0669. The Morgan fingerprint density at radius 3 is 2.96 bits per heavy atom. The predicted molar refractivity (Wildman–Crippen MR) is 77.9 cm³/mol. The molecule has 0 spiro atoms. The number of aromatic nitrogens is 4. The molecule has 0 radical (unpaired) electrons. The highest BCUT2D eigenvalue weighted by Crippen LogP contribution is 2.52. The van der Waals surface area contributed by atoms with E-state index in [1.54, 1.807) is 6.92 Å². The molecule has 2 aliphatic rings. The first-order chi connectivity index (χ1) is 11.3. The standard InChI is InChI=1S/C11H14N5O7P/c1-3-13-5-8(14-11(12)15-9(5)18)16(3)10-6(17)7-4(22-10)2-21-24(19,20)23-7/h4,6-7,10,17H,2H2,1H3,(H,19,20)(H3,12,14,15,18)/t4-,6-,7-,10?/m0/s1. The van der Waals surface area contributed by atoms with Crippen molar-refractivity contribution < 1.29 is 28.3 Å². The molecule has 2 unspecified atom stereocenters. The third-order valence-corrected chi connectivity index (χ3v) is 4.95. The van der Waals surface area contributed by atoms with Gasteiger partial charge in [0.15, 0.2) is 17.4 Å². The first-order valence-electron chi connectivity index (χ1n) is 7.00. The number of H-pyrrole nitrogens is 1. The maximum Gasteiger partial charge on any atom is 0.472 e. The molecule has 2 fully saturated rings. The average molecular weight is 359 g/mol. The number of aryl methyl sites for hydroxylation is 1. The summed E-state index contributed by atoms with van der Waals surface area (Å²) in [6.45, 7) is 1.39. The number of aliphatic hydroxyl groups excluding tert-OH is 1. The zero-order valence-electron chi connectivity index (χ0n) is 12.3. The molecule has 4 heterocycles. The first kappa shape index (κ1) is 15.7. The van der Waals surface area contributed by atoms with Crippen molar-refractivity contribution >= 4 is 24.9 Å². The number of aliphatic hydroxyl groups is 1. The predicted octanol–water partition coefficient (Wildman–Crippen LogP) is -1.22. The summed E-state index contributed by atoms with van der Waals surface area (Å²) in [4.78, 5) is 31.8. The van der Waals surface area contributed by atoms with Crippen molar-refractivity contribution in [2.75, 3.05) is 12.3 Å². The zero-order chi connectivity index (χ0) is 17.2. The molecule has 13 heteroatoms. The Labute approximate surface area is 133 Å². The summed E-state index contributed by atoms with van der Waals surface area (Å²) in [7, 11) is -4.23. The monoisotopic (exact) mass is 359 g/mol. The Balaban J connectivity index is 1.80. The summed E-state index contributed by atoms with van der Waals surface area (Å²) >= 11 is 0. The van der Waals surface area contributed by atoms with Gasteiger partial charge >= 0.3 is 7.82 Å². The molecule has 0 aliphatic carbocycles. The van der Waals surface area contributed by atoms with Crippen LogP contribution in [0.2, 0.25) is 0 Å². The van der Waals surface area contributed by atoms with Crippen LogP contribution in [0.4, 0.5) is 5.95 Å². The minimum Gasteiger partial charge on any atom is -0.386 e. The molecule has 5 N–H and O–H groups in total. The van der Waals surface area contributed by atoms with Crippen LogP contribution in [0.3, 0.4) is 0 Å². The Kier molecular flexibility index (Phi) is 3.33. The number of hydrogen-bond donors (Lipinski definition) is 4. The second-order valence-corrected chi connectivity index (χ2v) is 6.95. The molecule has 12 nitrogen and oxygen atoms in total. The van der Waals surface area contributed by atoms with Gasteiger partial charge in [0, 0.05) is 0 Å². The van der Waals surface area contributed by atoms with Gasteiger partial charge in [-0.3, -0.25) is 23.4 Å². The third kappa shape index (κ3) is 2.27. The fourth-order valence-electron chi connectivity index (χ4n) is 2.96. The highest BCUT2D eigenvalue weighted by Gasteiger charge is 2.53. The lowest BCUT2D eigenvalue weighted by Gasteiger charge is -2.27. The molecular formula is C11H14N5O7P. The van der Waals surface area contributed by atoms with E-state index in [2.05, 4.69) is 19.5 Å². The van der Waals surface area contributed by atoms with Crippen LogP contribution < -0.4 is 11.3 Å². The van der Waals surface area contributed by atoms with Gasteiger partial charge in [0.1, 0.15) is 24.1 Å². The van der Waals surface area contributed by atoms with Crippen molar-refractivity contribution in [3.05, 3.63) is 16.2 Å². The topological polar surface area (TPSA) is 175 Å². The van der Waals surface area contributed by atoms with Crippen molar-refractivity contribution in [1.82, 2.24) is 19.5 Å². The molecule has 0 aromatic carbocycles. The number of ether oxygens (including phenoxy) is 1. The van der Waals surface area contributed by atoms with Crippen LogP contribution in [0, 0.1) is 6.92 Å². The Morgan fingerprint density at radius 2 is 2.21 bits per heavy atom. The molecule has 5 atom stereocenters. The highest BCUT2D eigenvalue weighted by atomic mass is 31.2. The molecule has 2 aliphatic heterocycles. The number of aromatic amines is 1. The summed E-state index contributed by atoms with van der Waals surface area (Å²) in [5.74, 6) is 0.238. The number of hydrogen-bond acceptors (Lipinski definition) is 9. The van der Waals surface area contributed by atoms with E-state index in [1.165, 1.54) is 4.57 Å². The number of rotatable bonds is 1. The van der Waals surface area contributed by atoms with Crippen molar-refractivity contribution in [2.45, 2.75) is 31.5 Å². The van der Waals surface area contributed by atoms with E-state index < -0.39 is 37.9 Å². The fraction of sp³-hybridized carbons (Fsp3) is 0.545. The molecular weight excluding hydrogens is 345 g/mol. The molecule has 2 aromatic heterocycles. The summed E-state index contributed by atoms with van der Waals surface area (Å²) in [5.41, 5.74) is 5.21. The fourth-order valence-corrected chi connectivity index (χ4v) is 3.93. The second kappa shape index (κ2) is 5.09. The minimum absolute atomic E-state index is 0.0392. The van der Waals surface area contributed by atoms with E-state index in [0.29, 0.717) is 5.82 Å². The van der Waals surface area contributed by atoms with Crippen molar-refractivity contribution in [3.63, 3.8) is 0 Å². The maximum absolute atomic E-state index is 11.9. The largest absolute Gasteiger partial charge is 0.472 e. The number of nitrogens with one attached hydrogen (secondary N) is 1. The molecule has 130 valence electrons. The molecule has 4 rings (SSSR count). The number of anilines is 1. The Bertz CT molecular complexity index is 925. The highest BCUT2D eigenvalue weighted by molar-refractivity contribution is 7.47. The number of imidazole rings is 1. The molecule has 2 saturated heterocycles. The van der Waals surface area contributed by atoms with Gasteiger partial charge in [-0.1, -0.05) is 0 Å². The number of nitrogen functional groups attached to an aromatic ring is 1. The van der Waals surface area contributed by atoms with Gasteiger partial charge < -0.3 is 20.5 Å². The van der Waals surface area contributed by atoms with E-state index in [4.69, 9.17) is 15.0 Å². The quantitative estimate of drug-likeness (QED) is 0.452. The van der Waals surface area contributed by atoms with E-state index in [-0.39, 0.29) is 23.7 Å². The van der Waals surface area contributed by atoms with Gasteiger partial charge in [0.05, 0.1) is 6.61 Å². The number of phosphoric acid groups is 1. The third-order valence-electron chi connectivity index (χ3n) is 3.97. The molecule has 0 saturated carbocycles. The number of phosphoric ester groups is 1. The van der Waals surface area contributed by atoms with Gasteiger partial charge in [-0.25, -0.2) is 9.55 Å². The number of fused-ring (bicyclic) bond motifs is 2. The summed E-state index contributed by atoms with van der Waals surface area (Å²) < 4.78 is 28.2. The van der Waals surface area contributed by atoms with Crippen LogP contribution in [0.5, 0.6) is 0 Å². The van der Waals surface area contributed by atoms with Gasteiger partial charge in [0.2, 0.25) is 5.95 Å². The van der Waals surface area contributed by atoms with Crippen molar-refractivity contribution in [1.29, 1.82) is 0 Å². The maximum atomic E-state index is 11.9. The number of nitrogens with zero attached hydrogens (tertiary/aromatic N) is 3. The molecule has 0 bridgehead atoms. The van der Waals surface area contributed by atoms with Crippen LogP contribution in [-0.2, 0) is 18.3 Å². The van der Waals surface area contributed by atoms with Crippen LogP contribution in [0.25, 0.3) is 11.2 Å². The summed E-state index contributed by atoms with van der Waals surface area (Å²) in [5, 5.41) is 10.5. The normalized spacial score (nSPS) is 36.1. The van der Waals surface area contributed by atoms with Crippen LogP contribution in [0.15, 0.2) is 4.79 Å². The van der Waals surface area contributed by atoms with Gasteiger partial charge in [-0.2, -0.15) is 4.98 Å². The van der Waals surface area contributed by atoms with E-state index in [1.807, 2.05) is 0 Å². The second-order valence-electron chi connectivity index (χ2n) is 5.54. The smallest absolute Gasteiger partial charge is 0.386 e. The van der Waals surface area contributed by atoms with Gasteiger partial charge in [0.25, 0.3) is 5.56 Å². The van der Waals surface area contributed by atoms with E-state index >= 15 is 0 Å². The Morgan fingerprint density at radius 1 is 1.46 bits per heavy atom. The summed E-state index contributed by atoms with van der Waals surface area (Å²) in [6, 6.07) is 0. The SMILES string of the molecule is Cc1nc2c(=O)[nH]c(N)nc2n1C1O[C@H]2COP(=O)(O)O[C@@H]2[C@@H]1O. The van der Waals surface area contributed by atoms with Crippen LogP contribution in [-0.4, -0.2) is 54.4 Å². The summed E-state index contributed by atoms with van der Waals surface area (Å²) in [6.07, 6.45) is -4.13. The van der Waals surface area contributed by atoms with Crippen molar-refractivity contribution in [3.8, 4) is 0 Å². The Hall–Kier alpha value is -1.82. The molecule has 0 amide bonds. The first-order valence-corrected chi connectivity index (χ1v) is 8.50.